The molecule has 2 aliphatic carbocycles. The molecule has 41 heavy (non-hydrogen) atoms. The molecule has 0 aromatic heterocycles. The number of carbonyl (C=O) groups excluding carboxylic acids is 3. The summed E-state index contributed by atoms with van der Waals surface area (Å²) < 4.78 is 17.2. The Kier molecular flexibility index (Phi) is 8.65. The largest absolute Gasteiger partial charge is 0.507 e. The number of aliphatic hydroxyl groups excluding tert-OH is 2. The van der Waals surface area contributed by atoms with Crippen LogP contribution in [-0.2, 0) is 20.7 Å². The topological polar surface area (TPSA) is 192 Å². The van der Waals surface area contributed by atoms with Crippen LogP contribution in [0.1, 0.15) is 68.8 Å². The quantitative estimate of drug-likeness (QED) is 0.164. The molecule has 5 rings (SSSR count). The van der Waals surface area contributed by atoms with E-state index in [1.807, 2.05) is 0 Å². The Bertz CT molecular complexity index is 1420. The van der Waals surface area contributed by atoms with Crippen molar-refractivity contribution in [1.29, 1.82) is 0 Å². The van der Waals surface area contributed by atoms with Gasteiger partial charge in [0.05, 0.1) is 42.1 Å². The summed E-state index contributed by atoms with van der Waals surface area (Å²) in [5.74, 6) is -3.74. The van der Waals surface area contributed by atoms with E-state index in [1.54, 1.807) is 6.92 Å². The highest BCUT2D eigenvalue weighted by atomic mass is 35.5. The molecular formula is C27H29ClNO11Si. The summed E-state index contributed by atoms with van der Waals surface area (Å²) in [5, 5.41) is 54.1. The zero-order valence-electron chi connectivity index (χ0n) is 22.0. The van der Waals surface area contributed by atoms with Gasteiger partial charge >= 0.3 is 0 Å². The molecule has 219 valence electrons. The molecule has 1 fully saturated rings. The maximum Gasteiger partial charge on any atom is 0.202 e. The molecule has 1 heterocycles. The summed E-state index contributed by atoms with van der Waals surface area (Å²) in [4.78, 5) is 42.6. The fraction of sp³-hybridized carbons (Fsp3) is 0.444. The minimum absolute atomic E-state index is 0. The fourth-order valence-corrected chi connectivity index (χ4v) is 6.15. The summed E-state index contributed by atoms with van der Waals surface area (Å²) in [7, 11) is 4.50. The number of aromatic hydroxyl groups is 2. The second-order valence-electron chi connectivity index (χ2n) is 10.2. The molecule has 4 unspecified atom stereocenters. The SMILES string of the molecule is COc1cccc2c1C(=O)c1c(O)c3c(c(O)c1C2=O)C[C@@](O)(C(=O)CO)C[C@@H]3OC1CC(N[Si])C(O)C(C)O1.Cl. The lowest BCUT2D eigenvalue weighted by Crippen LogP contribution is -2.54. The monoisotopic (exact) mass is 606 g/mol. The van der Waals surface area contributed by atoms with Crippen molar-refractivity contribution >= 4 is 40.2 Å². The van der Waals surface area contributed by atoms with Crippen molar-refractivity contribution in [2.45, 2.75) is 62.4 Å². The van der Waals surface area contributed by atoms with Gasteiger partial charge < -0.3 is 44.7 Å². The van der Waals surface area contributed by atoms with E-state index in [0.717, 1.165) is 0 Å². The molecule has 1 aliphatic heterocycles. The molecule has 0 amide bonds. The van der Waals surface area contributed by atoms with Crippen molar-refractivity contribution in [2.24, 2.45) is 0 Å². The van der Waals surface area contributed by atoms with Gasteiger partial charge in [-0.25, -0.2) is 0 Å². The number of benzene rings is 2. The molecule has 14 heteroatoms. The number of hydrogen-bond acceptors (Lipinski definition) is 12. The van der Waals surface area contributed by atoms with Gasteiger partial charge in [0.1, 0.15) is 39.9 Å². The van der Waals surface area contributed by atoms with Crippen molar-refractivity contribution in [2.75, 3.05) is 13.7 Å². The van der Waals surface area contributed by atoms with E-state index in [0.29, 0.717) is 0 Å². The molecule has 1 saturated heterocycles. The van der Waals surface area contributed by atoms with E-state index in [4.69, 9.17) is 14.2 Å². The number of rotatable bonds is 6. The minimum Gasteiger partial charge on any atom is -0.507 e. The molecule has 2 aromatic carbocycles. The summed E-state index contributed by atoms with van der Waals surface area (Å²) in [6, 6.07) is 3.86. The van der Waals surface area contributed by atoms with Crippen LogP contribution in [-0.4, -0.2) is 97.1 Å². The number of fused-ring (bicyclic) bond motifs is 3. The van der Waals surface area contributed by atoms with Crippen LogP contribution in [0.25, 0.3) is 0 Å². The lowest BCUT2D eigenvalue weighted by molar-refractivity contribution is -0.248. The van der Waals surface area contributed by atoms with Gasteiger partial charge in [0.15, 0.2) is 17.9 Å². The Hall–Kier alpha value is -2.88. The molecule has 6 atom stereocenters. The van der Waals surface area contributed by atoms with Crippen LogP contribution in [0, 0.1) is 0 Å². The number of phenols is 2. The number of hydrogen-bond donors (Lipinski definition) is 6. The average molecular weight is 607 g/mol. The number of nitrogens with one attached hydrogen (secondary N) is 1. The summed E-state index contributed by atoms with van der Waals surface area (Å²) in [5.41, 5.74) is -3.58. The van der Waals surface area contributed by atoms with E-state index >= 15 is 0 Å². The zero-order valence-corrected chi connectivity index (χ0v) is 23.9. The molecule has 3 aliphatic rings. The highest BCUT2D eigenvalue weighted by molar-refractivity contribution is 6.31. The van der Waals surface area contributed by atoms with E-state index < -0.39 is 95.7 Å². The highest BCUT2D eigenvalue weighted by Crippen LogP contribution is 2.52. The third kappa shape index (κ3) is 4.85. The fourth-order valence-electron chi connectivity index (χ4n) is 5.86. The number of ether oxygens (including phenoxy) is 3. The van der Waals surface area contributed by atoms with Crippen LogP contribution in [0.15, 0.2) is 18.2 Å². The summed E-state index contributed by atoms with van der Waals surface area (Å²) in [6.45, 7) is 0.602. The Morgan fingerprint density at radius 1 is 1.17 bits per heavy atom. The Balaban J connectivity index is 0.00000387. The first kappa shape index (κ1) is 31.1. The molecule has 12 nitrogen and oxygen atoms in total. The number of ketones is 3. The molecule has 0 spiro atoms. The lowest BCUT2D eigenvalue weighted by atomic mass is 9.72. The second-order valence-corrected chi connectivity index (χ2v) is 10.5. The molecular weight excluding hydrogens is 578 g/mol. The van der Waals surface area contributed by atoms with Crippen LogP contribution >= 0.6 is 12.4 Å². The van der Waals surface area contributed by atoms with Crippen LogP contribution in [0.3, 0.4) is 0 Å². The van der Waals surface area contributed by atoms with Gasteiger partial charge in [-0.05, 0) is 13.0 Å². The number of phenolic OH excluding ortho intramolecular Hbond substituents is 2. The van der Waals surface area contributed by atoms with Crippen LogP contribution in [0.2, 0.25) is 0 Å². The van der Waals surface area contributed by atoms with Crippen molar-refractivity contribution in [3.63, 3.8) is 0 Å². The Morgan fingerprint density at radius 2 is 1.85 bits per heavy atom. The number of halogens is 1. The first-order valence-corrected chi connectivity index (χ1v) is 13.1. The maximum atomic E-state index is 13.7. The smallest absolute Gasteiger partial charge is 0.202 e. The second kappa shape index (κ2) is 11.4. The zero-order chi connectivity index (χ0) is 29.1. The van der Waals surface area contributed by atoms with Gasteiger partial charge in [-0.1, -0.05) is 12.1 Å². The van der Waals surface area contributed by atoms with Gasteiger partial charge in [0, 0.05) is 42.0 Å². The molecule has 0 saturated carbocycles. The van der Waals surface area contributed by atoms with Crippen molar-refractivity contribution in [3.05, 3.63) is 51.6 Å². The number of carbonyl (C=O) groups is 3. The van der Waals surface area contributed by atoms with Crippen LogP contribution in [0.5, 0.6) is 17.2 Å². The number of aliphatic hydroxyl groups is 3. The highest BCUT2D eigenvalue weighted by Gasteiger charge is 2.50. The van der Waals surface area contributed by atoms with Crippen LogP contribution < -0.4 is 9.72 Å². The first-order valence-electron chi connectivity index (χ1n) is 12.6. The third-order valence-electron chi connectivity index (χ3n) is 7.95. The van der Waals surface area contributed by atoms with Crippen molar-refractivity contribution in [3.8, 4) is 17.2 Å². The van der Waals surface area contributed by atoms with Crippen LogP contribution in [0.4, 0.5) is 0 Å². The Morgan fingerprint density at radius 3 is 2.49 bits per heavy atom. The predicted octanol–water partition coefficient (Wildman–Crippen LogP) is 0.137. The van der Waals surface area contributed by atoms with E-state index in [2.05, 4.69) is 15.4 Å². The van der Waals surface area contributed by atoms with Gasteiger partial charge in [-0.3, -0.25) is 14.4 Å². The minimum atomic E-state index is -2.24. The first-order chi connectivity index (χ1) is 19.0. The van der Waals surface area contributed by atoms with E-state index in [9.17, 15) is 39.9 Å². The van der Waals surface area contributed by atoms with Gasteiger partial charge in [0.25, 0.3) is 0 Å². The van der Waals surface area contributed by atoms with Crippen molar-refractivity contribution in [1.82, 2.24) is 4.98 Å². The van der Waals surface area contributed by atoms with Gasteiger partial charge in [0.2, 0.25) is 5.78 Å². The van der Waals surface area contributed by atoms with Crippen molar-refractivity contribution < 1.29 is 54.1 Å². The summed E-state index contributed by atoms with van der Waals surface area (Å²) in [6.07, 6.45) is -4.86. The standard InChI is InChI=1S/C27H28NO11Si.ClH/c1-10-22(31)13(28-40)6-17(38-10)39-15-8-27(36,16(30)9-29)7-12-19(15)26(35)21-20(24(12)33)23(32)11-4-3-5-14(37-2)18(11)25(21)34;/h3-5,10,13,15,17,22,28-29,31,33,35-36H,6-9H2,1-2H3;1H/t10?,13?,15-,17?,22?,27-;/m0./s1. The predicted molar refractivity (Wildman–Crippen MR) is 144 cm³/mol. The van der Waals surface area contributed by atoms with E-state index in [1.165, 1.54) is 25.3 Å². The molecule has 2 aromatic rings. The molecule has 0 bridgehead atoms. The number of Topliss-reactive ketones (excluding diaryl/α,β-unsaturated/α-hetero) is 1. The lowest BCUT2D eigenvalue weighted by Gasteiger charge is -2.42. The molecule has 3 radical (unpaired) electrons. The normalized spacial score (nSPS) is 28.7. The van der Waals surface area contributed by atoms with Gasteiger partial charge in [-0.15, -0.1) is 12.4 Å². The maximum absolute atomic E-state index is 13.7. The number of methoxy groups -OCH3 is 1. The molecule has 6 N–H and O–H groups in total. The third-order valence-corrected chi connectivity index (χ3v) is 8.32. The Labute approximate surface area is 244 Å². The van der Waals surface area contributed by atoms with Gasteiger partial charge in [-0.2, -0.15) is 0 Å². The summed E-state index contributed by atoms with van der Waals surface area (Å²) >= 11 is 0. The van der Waals surface area contributed by atoms with E-state index in [-0.39, 0.29) is 46.8 Å². The average Bonchev–Trinajstić information content (AvgIpc) is 2.94.